The molecule has 29 heavy (non-hydrogen) atoms. The minimum absolute atomic E-state index is 0.125. The minimum Gasteiger partial charge on any atom is -0.476 e. The van der Waals surface area contributed by atoms with Gasteiger partial charge in [0.15, 0.2) is 17.3 Å². The summed E-state index contributed by atoms with van der Waals surface area (Å²) in [4.78, 5) is 28.8. The van der Waals surface area contributed by atoms with E-state index < -0.39 is 11.9 Å². The molecule has 4 aromatic rings. The number of carbonyl (C=O) groups excluding carboxylic acids is 1. The van der Waals surface area contributed by atoms with Gasteiger partial charge in [-0.1, -0.05) is 48.0 Å². The van der Waals surface area contributed by atoms with Crippen molar-refractivity contribution in [2.45, 2.75) is 0 Å². The quantitative estimate of drug-likeness (QED) is 0.446. The van der Waals surface area contributed by atoms with Crippen molar-refractivity contribution in [2.75, 3.05) is 5.32 Å². The summed E-state index contributed by atoms with van der Waals surface area (Å²) in [6.07, 6.45) is 1.59. The van der Waals surface area contributed by atoms with Gasteiger partial charge in [-0.3, -0.25) is 4.79 Å². The molecule has 0 radical (unpaired) electrons. The van der Waals surface area contributed by atoms with Gasteiger partial charge in [0.05, 0.1) is 15.1 Å². The molecule has 2 aromatic heterocycles. The van der Waals surface area contributed by atoms with Crippen LogP contribution in [0.3, 0.4) is 0 Å². The summed E-state index contributed by atoms with van der Waals surface area (Å²) >= 11 is 9.36. The Kier molecular flexibility index (Phi) is 5.04. The molecule has 1 amide bonds. The predicted molar refractivity (Wildman–Crippen MR) is 113 cm³/mol. The molecule has 0 aliphatic rings. The summed E-state index contributed by atoms with van der Waals surface area (Å²) in [5, 5.41) is 18.3. The lowest BCUT2D eigenvalue weighted by Crippen LogP contribution is -2.16. The zero-order valence-electron chi connectivity index (χ0n) is 14.6. The number of nitrogens with one attached hydrogen (secondary N) is 1. The Morgan fingerprint density at radius 1 is 1.07 bits per heavy atom. The van der Waals surface area contributed by atoms with E-state index in [1.165, 1.54) is 4.68 Å². The average Bonchev–Trinajstić information content (AvgIpc) is 3.04. The largest absolute Gasteiger partial charge is 0.476 e. The molecule has 0 aliphatic heterocycles. The lowest BCUT2D eigenvalue weighted by molar-refractivity contribution is 0.0688. The van der Waals surface area contributed by atoms with Gasteiger partial charge >= 0.3 is 5.97 Å². The highest BCUT2D eigenvalue weighted by Gasteiger charge is 2.25. The Morgan fingerprint density at radius 2 is 1.79 bits per heavy atom. The predicted octanol–water partition coefficient (Wildman–Crippen LogP) is 4.79. The van der Waals surface area contributed by atoms with Gasteiger partial charge in [-0.25, -0.2) is 9.78 Å². The molecule has 2 aromatic carbocycles. The van der Waals surface area contributed by atoms with Crippen molar-refractivity contribution in [3.63, 3.8) is 0 Å². The van der Waals surface area contributed by atoms with Crippen molar-refractivity contribution in [1.82, 2.24) is 14.8 Å². The van der Waals surface area contributed by atoms with Gasteiger partial charge in [-0.05, 0) is 39.5 Å². The number of carbonyl (C=O) groups is 2. The first-order valence-corrected chi connectivity index (χ1v) is 9.56. The van der Waals surface area contributed by atoms with Crippen LogP contribution in [0.25, 0.3) is 16.6 Å². The fraction of sp³-hybridized carbons (Fsp3) is 0. The Hall–Kier alpha value is -3.23. The number of aromatic nitrogens is 3. The number of benzene rings is 2. The Balaban J connectivity index is 1.89. The van der Waals surface area contributed by atoms with Crippen molar-refractivity contribution in [3.05, 3.63) is 81.5 Å². The van der Waals surface area contributed by atoms with E-state index >= 15 is 0 Å². The third-order valence-electron chi connectivity index (χ3n) is 4.23. The Morgan fingerprint density at radius 3 is 2.55 bits per heavy atom. The molecule has 2 heterocycles. The van der Waals surface area contributed by atoms with E-state index in [-0.39, 0.29) is 26.6 Å². The van der Waals surface area contributed by atoms with Crippen LogP contribution in [0.5, 0.6) is 0 Å². The molecular formula is C20H12BrClN4O3. The third-order valence-corrected chi connectivity index (χ3v) is 5.31. The summed E-state index contributed by atoms with van der Waals surface area (Å²) in [7, 11) is 0. The second kappa shape index (κ2) is 7.65. The van der Waals surface area contributed by atoms with Crippen molar-refractivity contribution in [2.24, 2.45) is 0 Å². The molecule has 0 bridgehead atoms. The lowest BCUT2D eigenvalue weighted by atomic mass is 10.1. The smallest absolute Gasteiger partial charge is 0.357 e. The molecule has 0 unspecified atom stereocenters. The number of carboxylic acid groups (broad SMARTS) is 1. The molecule has 2 N–H and O–H groups in total. The van der Waals surface area contributed by atoms with Crippen LogP contribution in [0.1, 0.15) is 20.8 Å². The number of halogens is 2. The number of nitrogens with zero attached hydrogens (tertiary/aromatic N) is 3. The van der Waals surface area contributed by atoms with Gasteiger partial charge in [0.1, 0.15) is 0 Å². The number of carboxylic acids is 1. The maximum absolute atomic E-state index is 12.8. The Bertz CT molecular complexity index is 1270. The number of rotatable bonds is 4. The number of anilines is 1. The van der Waals surface area contributed by atoms with Crippen LogP contribution in [0.15, 0.2) is 65.3 Å². The third kappa shape index (κ3) is 3.48. The summed E-state index contributed by atoms with van der Waals surface area (Å²) in [6, 6.07) is 15.9. The standard InChI is InChI=1S/C20H12BrClN4O3/c21-15-16(20(28)29)25-26(17-12-6-2-1-5-11(12)9-10-23-17)18(15)24-19(27)13-7-3-4-8-14(13)22/h1-10H,(H,24,27)(H,28,29). The van der Waals surface area contributed by atoms with Gasteiger partial charge in [-0.15, -0.1) is 0 Å². The van der Waals surface area contributed by atoms with Crippen LogP contribution in [-0.2, 0) is 0 Å². The first kappa shape index (κ1) is 19.1. The van der Waals surface area contributed by atoms with Crippen LogP contribution < -0.4 is 5.32 Å². The second-order valence-corrected chi connectivity index (χ2v) is 7.22. The maximum Gasteiger partial charge on any atom is 0.357 e. The van der Waals surface area contributed by atoms with Crippen molar-refractivity contribution >= 4 is 56.0 Å². The molecular weight excluding hydrogens is 460 g/mol. The summed E-state index contributed by atoms with van der Waals surface area (Å²) in [5.74, 6) is -1.24. The molecule has 0 atom stereocenters. The van der Waals surface area contributed by atoms with Crippen LogP contribution in [0.4, 0.5) is 5.82 Å². The van der Waals surface area contributed by atoms with E-state index in [0.29, 0.717) is 5.82 Å². The second-order valence-electron chi connectivity index (χ2n) is 6.02. The summed E-state index contributed by atoms with van der Waals surface area (Å²) in [6.45, 7) is 0. The van der Waals surface area contributed by atoms with Crippen LogP contribution in [0.2, 0.25) is 5.02 Å². The molecule has 0 saturated carbocycles. The van der Waals surface area contributed by atoms with Gasteiger partial charge in [0, 0.05) is 11.6 Å². The summed E-state index contributed by atoms with van der Waals surface area (Å²) in [5.41, 5.74) is -0.00855. The van der Waals surface area contributed by atoms with Crippen molar-refractivity contribution < 1.29 is 14.7 Å². The fourth-order valence-corrected chi connectivity index (χ4v) is 3.63. The number of hydrogen-bond donors (Lipinski definition) is 2. The fourth-order valence-electron chi connectivity index (χ4n) is 2.89. The minimum atomic E-state index is -1.25. The zero-order chi connectivity index (χ0) is 20.5. The van der Waals surface area contributed by atoms with Gasteiger partial charge in [0.2, 0.25) is 0 Å². The topological polar surface area (TPSA) is 97.1 Å². The van der Waals surface area contributed by atoms with Crippen LogP contribution >= 0.6 is 27.5 Å². The van der Waals surface area contributed by atoms with E-state index in [1.807, 2.05) is 30.3 Å². The highest BCUT2D eigenvalue weighted by molar-refractivity contribution is 9.10. The molecule has 144 valence electrons. The van der Waals surface area contributed by atoms with E-state index in [1.54, 1.807) is 30.5 Å². The number of aromatic carboxylic acids is 1. The van der Waals surface area contributed by atoms with Crippen molar-refractivity contribution in [3.8, 4) is 5.82 Å². The number of hydrogen-bond acceptors (Lipinski definition) is 4. The monoisotopic (exact) mass is 470 g/mol. The molecule has 0 spiro atoms. The van der Waals surface area contributed by atoms with E-state index in [9.17, 15) is 14.7 Å². The zero-order valence-corrected chi connectivity index (χ0v) is 17.0. The molecule has 4 rings (SSSR count). The molecule has 7 nitrogen and oxygen atoms in total. The molecule has 0 aliphatic carbocycles. The van der Waals surface area contributed by atoms with Crippen LogP contribution in [0, 0.1) is 0 Å². The summed E-state index contributed by atoms with van der Waals surface area (Å²) < 4.78 is 1.42. The molecule has 9 heteroatoms. The van der Waals surface area contributed by atoms with E-state index in [2.05, 4.69) is 31.3 Å². The lowest BCUT2D eigenvalue weighted by Gasteiger charge is -2.11. The highest BCUT2D eigenvalue weighted by atomic mass is 79.9. The number of amides is 1. The first-order valence-electron chi connectivity index (χ1n) is 8.39. The first-order chi connectivity index (χ1) is 14.0. The van der Waals surface area contributed by atoms with Gasteiger partial charge in [-0.2, -0.15) is 9.78 Å². The molecule has 0 fully saturated rings. The van der Waals surface area contributed by atoms with E-state index in [4.69, 9.17) is 11.6 Å². The van der Waals surface area contributed by atoms with Crippen molar-refractivity contribution in [1.29, 1.82) is 0 Å². The van der Waals surface area contributed by atoms with Gasteiger partial charge in [0.25, 0.3) is 5.91 Å². The SMILES string of the molecule is O=C(Nc1c(Br)c(C(=O)O)nn1-c1nccc2ccccc12)c1ccccc1Cl. The number of pyridine rings is 1. The van der Waals surface area contributed by atoms with Gasteiger partial charge < -0.3 is 10.4 Å². The number of fused-ring (bicyclic) bond motifs is 1. The average molecular weight is 472 g/mol. The Labute approximate surface area is 178 Å². The van der Waals surface area contributed by atoms with Crippen LogP contribution in [-0.4, -0.2) is 31.7 Å². The molecule has 0 saturated heterocycles. The van der Waals surface area contributed by atoms with E-state index in [0.717, 1.165) is 10.8 Å². The normalized spacial score (nSPS) is 10.8. The highest BCUT2D eigenvalue weighted by Crippen LogP contribution is 2.32. The maximum atomic E-state index is 12.8.